The predicted molar refractivity (Wildman–Crippen MR) is 130 cm³/mol. The molecule has 4 aromatic rings. The standard InChI is InChI=1S/C20H20F2N9O10P/c21-6-9(32)5(39-17(6)30-3-26-7-13(30)24-2-25-15(7)34)1-38-42(36,37)41-12-18(40-11-10(33)20(11,12)22)31-4-27-8-14(31)28-19(23)29-16(8)35/h2-6,9-12,17-18,32-33H,1H2,(H,36,37)(H,24,25,34)(H3,23,28,29,35)/t5-,6+,9-,10?,11-,12+,17+,18-,20-/m1/s1. The van der Waals surface area contributed by atoms with Crippen LogP contribution in [0.5, 0.6) is 0 Å². The molecule has 6 heterocycles. The molecular formula is C20H20F2N9O10P. The fourth-order valence-electron chi connectivity index (χ4n) is 5.21. The molecule has 7 rings (SSSR count). The van der Waals surface area contributed by atoms with Gasteiger partial charge in [0, 0.05) is 0 Å². The highest BCUT2D eigenvalue weighted by Crippen LogP contribution is 2.62. The summed E-state index contributed by atoms with van der Waals surface area (Å²) in [5.41, 5.74) is 1.12. The van der Waals surface area contributed by atoms with Crippen molar-refractivity contribution in [3.63, 3.8) is 0 Å². The number of phosphoric acid groups is 1. The van der Waals surface area contributed by atoms with Crippen LogP contribution < -0.4 is 16.9 Å². The van der Waals surface area contributed by atoms with Crippen LogP contribution in [0.2, 0.25) is 0 Å². The van der Waals surface area contributed by atoms with Gasteiger partial charge in [0.1, 0.15) is 24.4 Å². The molecule has 2 aliphatic heterocycles. The third kappa shape index (κ3) is 3.93. The first-order valence-electron chi connectivity index (χ1n) is 12.2. The maximum atomic E-state index is 15.6. The van der Waals surface area contributed by atoms with Crippen molar-refractivity contribution in [2.75, 3.05) is 12.3 Å². The quantitative estimate of drug-likeness (QED) is 0.122. The zero-order chi connectivity index (χ0) is 29.7. The topological polar surface area (TPSA) is 268 Å². The van der Waals surface area contributed by atoms with Crippen molar-refractivity contribution in [3.05, 3.63) is 39.7 Å². The van der Waals surface area contributed by atoms with Gasteiger partial charge in [0.25, 0.3) is 11.1 Å². The van der Waals surface area contributed by atoms with Gasteiger partial charge in [-0.25, -0.2) is 28.3 Å². The Morgan fingerprint density at radius 3 is 2.52 bits per heavy atom. The third-order valence-electron chi connectivity index (χ3n) is 7.35. The van der Waals surface area contributed by atoms with Crippen LogP contribution in [0, 0.1) is 0 Å². The van der Waals surface area contributed by atoms with Gasteiger partial charge in [0.2, 0.25) is 5.95 Å². The summed E-state index contributed by atoms with van der Waals surface area (Å²) in [5.74, 6) is -0.299. The van der Waals surface area contributed by atoms with Crippen LogP contribution >= 0.6 is 7.82 Å². The van der Waals surface area contributed by atoms with E-state index in [-0.39, 0.29) is 28.3 Å². The van der Waals surface area contributed by atoms with Gasteiger partial charge in [-0.1, -0.05) is 0 Å². The number of hydrogen-bond donors (Lipinski definition) is 6. The van der Waals surface area contributed by atoms with Crippen molar-refractivity contribution in [2.45, 2.75) is 54.8 Å². The molecule has 4 aromatic heterocycles. The number of anilines is 1. The number of ether oxygens (including phenoxy) is 2. The molecule has 0 spiro atoms. The monoisotopic (exact) mass is 615 g/mol. The number of rotatable bonds is 7. The number of nitrogens with one attached hydrogen (secondary N) is 2. The Morgan fingerprint density at radius 1 is 1.10 bits per heavy atom. The molecule has 22 heteroatoms. The molecule has 2 saturated heterocycles. The van der Waals surface area contributed by atoms with Crippen molar-refractivity contribution in [1.29, 1.82) is 0 Å². The van der Waals surface area contributed by atoms with Gasteiger partial charge in [-0.15, -0.1) is 0 Å². The Morgan fingerprint density at radius 2 is 1.79 bits per heavy atom. The van der Waals surface area contributed by atoms with Gasteiger partial charge < -0.3 is 35.3 Å². The van der Waals surface area contributed by atoms with Gasteiger partial charge >= 0.3 is 7.82 Å². The first-order chi connectivity index (χ1) is 19.9. The average molecular weight is 615 g/mol. The second kappa shape index (κ2) is 9.15. The second-order valence-electron chi connectivity index (χ2n) is 9.84. The molecule has 3 fully saturated rings. The minimum absolute atomic E-state index is 0.0420. The number of phosphoric ester groups is 1. The fraction of sp³-hybridized carbons (Fsp3) is 0.500. The lowest BCUT2D eigenvalue weighted by atomic mass is 10.1. The van der Waals surface area contributed by atoms with Crippen molar-refractivity contribution < 1.29 is 47.0 Å². The molecule has 0 bridgehead atoms. The van der Waals surface area contributed by atoms with E-state index in [1.807, 2.05) is 0 Å². The summed E-state index contributed by atoms with van der Waals surface area (Å²) in [6, 6.07) is 0. The second-order valence-corrected chi connectivity index (χ2v) is 11.2. The smallest absolute Gasteiger partial charge is 0.387 e. The van der Waals surface area contributed by atoms with E-state index in [1.54, 1.807) is 0 Å². The van der Waals surface area contributed by atoms with Gasteiger partial charge in [-0.05, 0) is 0 Å². The number of alkyl halides is 2. The molecule has 0 aromatic carbocycles. The van der Waals surface area contributed by atoms with E-state index >= 15 is 8.78 Å². The SMILES string of the molecule is Nc1nc2c(ncn2[C@@H]2O[C@@H]3C(O)[C@]3(F)[C@H]2OP(=O)(O)OC[C@H]2O[C@H](n3cnc4c(=O)[nH]cnc43)[C@@H](F)[C@@H]2O)c(=O)[nH]1. The zero-order valence-electron chi connectivity index (χ0n) is 20.7. The number of nitrogen functional groups attached to an aromatic ring is 1. The van der Waals surface area contributed by atoms with Crippen LogP contribution in [0.1, 0.15) is 12.5 Å². The molecule has 10 atom stereocenters. The first kappa shape index (κ1) is 27.2. The molecule has 2 unspecified atom stereocenters. The number of H-pyrrole nitrogens is 2. The van der Waals surface area contributed by atoms with Crippen molar-refractivity contribution in [2.24, 2.45) is 0 Å². The van der Waals surface area contributed by atoms with Crippen LogP contribution in [-0.4, -0.2) is 103 Å². The Bertz CT molecular complexity index is 1880. The number of aromatic amines is 2. The van der Waals surface area contributed by atoms with Crippen LogP contribution in [0.15, 0.2) is 28.6 Å². The number of nitrogens with two attached hydrogens (primary N) is 1. The van der Waals surface area contributed by atoms with Crippen LogP contribution in [0.25, 0.3) is 22.3 Å². The van der Waals surface area contributed by atoms with Crippen LogP contribution in [-0.2, 0) is 23.1 Å². The van der Waals surface area contributed by atoms with E-state index in [2.05, 4.69) is 29.9 Å². The van der Waals surface area contributed by atoms with Crippen molar-refractivity contribution >= 4 is 36.1 Å². The Balaban J connectivity index is 1.10. The molecule has 224 valence electrons. The lowest BCUT2D eigenvalue weighted by Crippen LogP contribution is -2.36. The minimum Gasteiger partial charge on any atom is -0.387 e. The number of aromatic nitrogens is 8. The minimum atomic E-state index is -5.23. The number of aliphatic hydroxyl groups is 2. The summed E-state index contributed by atoms with van der Waals surface area (Å²) < 4.78 is 66.7. The predicted octanol–water partition coefficient (Wildman–Crippen LogP) is -2.09. The molecular weight excluding hydrogens is 595 g/mol. The highest BCUT2D eigenvalue weighted by Gasteiger charge is 2.80. The van der Waals surface area contributed by atoms with Gasteiger partial charge in [0.15, 0.2) is 52.7 Å². The normalized spacial score (nSPS) is 35.5. The third-order valence-corrected chi connectivity index (χ3v) is 8.32. The van der Waals surface area contributed by atoms with E-state index < -0.39 is 80.4 Å². The van der Waals surface area contributed by atoms with Crippen molar-refractivity contribution in [3.8, 4) is 0 Å². The Labute approximate surface area is 229 Å². The fourth-order valence-corrected chi connectivity index (χ4v) is 6.16. The number of halogens is 2. The number of hydrogen-bond acceptors (Lipinski definition) is 14. The number of nitrogens with zero attached hydrogens (tertiary/aromatic N) is 6. The molecule has 0 amide bonds. The van der Waals surface area contributed by atoms with Gasteiger partial charge in [-0.2, -0.15) is 4.98 Å². The molecule has 7 N–H and O–H groups in total. The summed E-state index contributed by atoms with van der Waals surface area (Å²) >= 11 is 0. The summed E-state index contributed by atoms with van der Waals surface area (Å²) in [4.78, 5) is 54.7. The maximum absolute atomic E-state index is 15.6. The lowest BCUT2D eigenvalue weighted by molar-refractivity contribution is -0.0851. The van der Waals surface area contributed by atoms with Crippen LogP contribution in [0.3, 0.4) is 0 Å². The molecule has 1 saturated carbocycles. The van der Waals surface area contributed by atoms with E-state index in [9.17, 15) is 29.3 Å². The Kier molecular flexibility index (Phi) is 5.92. The number of aliphatic hydroxyl groups excluding tert-OH is 2. The van der Waals surface area contributed by atoms with E-state index in [4.69, 9.17) is 24.3 Å². The number of imidazole rings is 2. The highest BCUT2D eigenvalue weighted by molar-refractivity contribution is 7.47. The molecule has 19 nitrogen and oxygen atoms in total. The summed E-state index contributed by atoms with van der Waals surface area (Å²) in [5, 5.41) is 20.4. The Hall–Kier alpha value is -3.69. The summed E-state index contributed by atoms with van der Waals surface area (Å²) in [6.07, 6.45) is -10.5. The first-order valence-corrected chi connectivity index (χ1v) is 13.7. The lowest BCUT2D eigenvalue weighted by Gasteiger charge is -2.27. The van der Waals surface area contributed by atoms with Crippen LogP contribution in [0.4, 0.5) is 14.7 Å². The van der Waals surface area contributed by atoms with E-state index in [0.29, 0.717) is 0 Å². The highest BCUT2D eigenvalue weighted by atomic mass is 31.2. The molecule has 3 aliphatic rings. The number of fused-ring (bicyclic) bond motifs is 3. The largest absolute Gasteiger partial charge is 0.472 e. The summed E-state index contributed by atoms with van der Waals surface area (Å²) in [6.45, 7) is -0.905. The average Bonchev–Trinajstić information content (AvgIpc) is 3.47. The summed E-state index contributed by atoms with van der Waals surface area (Å²) in [7, 11) is -5.23. The molecule has 0 radical (unpaired) electrons. The van der Waals surface area contributed by atoms with E-state index in [0.717, 1.165) is 28.1 Å². The van der Waals surface area contributed by atoms with E-state index in [1.165, 1.54) is 0 Å². The molecule has 42 heavy (non-hydrogen) atoms. The molecule has 1 aliphatic carbocycles. The maximum Gasteiger partial charge on any atom is 0.472 e. The van der Waals surface area contributed by atoms with Gasteiger partial charge in [-0.3, -0.25) is 32.8 Å². The van der Waals surface area contributed by atoms with Gasteiger partial charge in [0.05, 0.1) is 25.6 Å². The zero-order valence-corrected chi connectivity index (χ0v) is 21.6. The van der Waals surface area contributed by atoms with Crippen molar-refractivity contribution in [1.82, 2.24) is 39.0 Å².